The lowest BCUT2D eigenvalue weighted by Crippen LogP contribution is -2.14. The van der Waals surface area contributed by atoms with Crippen LogP contribution in [0.2, 0.25) is 0 Å². The van der Waals surface area contributed by atoms with Crippen molar-refractivity contribution in [2.24, 2.45) is 11.7 Å². The highest BCUT2D eigenvalue weighted by molar-refractivity contribution is 5.52. The Morgan fingerprint density at radius 1 is 1.43 bits per heavy atom. The molecule has 0 aliphatic rings. The van der Waals surface area contributed by atoms with E-state index in [1.54, 1.807) is 0 Å². The Morgan fingerprint density at radius 3 is 2.50 bits per heavy atom. The third kappa shape index (κ3) is 2.26. The molecule has 14 heavy (non-hydrogen) atoms. The van der Waals surface area contributed by atoms with Crippen molar-refractivity contribution in [2.75, 3.05) is 19.0 Å². The number of nitrogens with two attached hydrogens (primary N) is 1. The van der Waals surface area contributed by atoms with Crippen molar-refractivity contribution in [3.05, 3.63) is 11.5 Å². The van der Waals surface area contributed by atoms with Gasteiger partial charge in [-0.05, 0) is 5.92 Å². The van der Waals surface area contributed by atoms with Crippen LogP contribution >= 0.6 is 0 Å². The fourth-order valence-electron chi connectivity index (χ4n) is 1.50. The van der Waals surface area contributed by atoms with Crippen LogP contribution in [-0.2, 0) is 13.0 Å². The number of hydrogen-bond donors (Lipinski definition) is 1. The van der Waals surface area contributed by atoms with Gasteiger partial charge in [0.15, 0.2) is 5.76 Å². The minimum absolute atomic E-state index is 0.426. The summed E-state index contributed by atoms with van der Waals surface area (Å²) in [5.41, 5.74) is 7.46. The maximum atomic E-state index is 5.58. The monoisotopic (exact) mass is 197 g/mol. The molecule has 4 nitrogen and oxygen atoms in total. The molecule has 1 rings (SSSR count). The van der Waals surface area contributed by atoms with Gasteiger partial charge in [0, 0.05) is 27.1 Å². The quantitative estimate of drug-likeness (QED) is 0.792. The molecule has 0 saturated heterocycles. The third-order valence-corrected chi connectivity index (χ3v) is 2.04. The number of nitrogens with zero attached hydrogens (tertiary/aromatic N) is 2. The molecule has 0 aromatic carbocycles. The largest absolute Gasteiger partial charge is 0.373 e. The van der Waals surface area contributed by atoms with Crippen molar-refractivity contribution in [3.63, 3.8) is 0 Å². The van der Waals surface area contributed by atoms with Gasteiger partial charge in [-0.15, -0.1) is 0 Å². The van der Waals surface area contributed by atoms with Crippen molar-refractivity contribution < 1.29 is 4.52 Å². The highest BCUT2D eigenvalue weighted by atomic mass is 16.5. The van der Waals surface area contributed by atoms with E-state index in [1.807, 2.05) is 19.0 Å². The van der Waals surface area contributed by atoms with E-state index in [9.17, 15) is 0 Å². The van der Waals surface area contributed by atoms with Gasteiger partial charge < -0.3 is 15.2 Å². The Kier molecular flexibility index (Phi) is 3.52. The number of rotatable bonds is 4. The van der Waals surface area contributed by atoms with Gasteiger partial charge in [0.05, 0.1) is 0 Å². The Balaban J connectivity index is 2.98. The Labute approximate surface area is 85.1 Å². The molecule has 80 valence electrons. The fraction of sp³-hybridized carbons (Fsp3) is 0.700. The summed E-state index contributed by atoms with van der Waals surface area (Å²) in [5.74, 6) is 1.50. The molecule has 0 unspecified atom stereocenters. The van der Waals surface area contributed by atoms with Crippen LogP contribution in [0.4, 0.5) is 5.69 Å². The maximum absolute atomic E-state index is 5.58. The molecule has 0 saturated carbocycles. The highest BCUT2D eigenvalue weighted by Gasteiger charge is 2.17. The van der Waals surface area contributed by atoms with E-state index >= 15 is 0 Å². The first-order valence-corrected chi connectivity index (χ1v) is 4.91. The van der Waals surface area contributed by atoms with Crippen LogP contribution in [0.1, 0.15) is 25.3 Å². The fourth-order valence-corrected chi connectivity index (χ4v) is 1.50. The van der Waals surface area contributed by atoms with Gasteiger partial charge in [0.1, 0.15) is 11.4 Å². The molecule has 1 aromatic heterocycles. The van der Waals surface area contributed by atoms with E-state index in [4.69, 9.17) is 10.3 Å². The summed E-state index contributed by atoms with van der Waals surface area (Å²) in [4.78, 5) is 2.01. The van der Waals surface area contributed by atoms with E-state index < -0.39 is 0 Å². The molecule has 2 N–H and O–H groups in total. The van der Waals surface area contributed by atoms with Gasteiger partial charge in [0.2, 0.25) is 0 Å². The van der Waals surface area contributed by atoms with Crippen LogP contribution in [0.15, 0.2) is 4.52 Å². The molecule has 0 bridgehead atoms. The average Bonchev–Trinajstić information content (AvgIpc) is 2.46. The molecule has 0 aliphatic carbocycles. The van der Waals surface area contributed by atoms with Gasteiger partial charge in [-0.25, -0.2) is 0 Å². The lowest BCUT2D eigenvalue weighted by atomic mass is 10.1. The van der Waals surface area contributed by atoms with Crippen LogP contribution < -0.4 is 10.6 Å². The number of aromatic nitrogens is 1. The van der Waals surface area contributed by atoms with Gasteiger partial charge in [-0.3, -0.25) is 0 Å². The molecule has 0 radical (unpaired) electrons. The Morgan fingerprint density at radius 2 is 2.07 bits per heavy atom. The SMILES string of the molecule is CC(C)Cc1onc(CN)c1N(C)C. The third-order valence-electron chi connectivity index (χ3n) is 2.04. The number of hydrogen-bond acceptors (Lipinski definition) is 4. The zero-order chi connectivity index (χ0) is 10.7. The topological polar surface area (TPSA) is 55.3 Å². The van der Waals surface area contributed by atoms with Crippen molar-refractivity contribution in [1.29, 1.82) is 0 Å². The van der Waals surface area contributed by atoms with Crippen LogP contribution in [0.25, 0.3) is 0 Å². The first kappa shape index (κ1) is 11.0. The normalized spacial score (nSPS) is 11.0. The Hall–Kier alpha value is -1.03. The van der Waals surface area contributed by atoms with Crippen molar-refractivity contribution in [2.45, 2.75) is 26.8 Å². The van der Waals surface area contributed by atoms with Gasteiger partial charge in [0.25, 0.3) is 0 Å². The minimum atomic E-state index is 0.426. The Bertz CT molecular complexity index is 292. The van der Waals surface area contributed by atoms with Crippen molar-refractivity contribution in [1.82, 2.24) is 5.16 Å². The molecule has 0 atom stereocenters. The predicted octanol–water partition coefficient (Wildman–Crippen LogP) is 1.40. The zero-order valence-electron chi connectivity index (χ0n) is 9.37. The molecule has 0 fully saturated rings. The summed E-state index contributed by atoms with van der Waals surface area (Å²) >= 11 is 0. The van der Waals surface area contributed by atoms with Crippen molar-refractivity contribution >= 4 is 5.69 Å². The molecule has 0 spiro atoms. The second kappa shape index (κ2) is 4.46. The lowest BCUT2D eigenvalue weighted by molar-refractivity contribution is 0.364. The van der Waals surface area contributed by atoms with E-state index in [-0.39, 0.29) is 0 Å². The van der Waals surface area contributed by atoms with E-state index in [1.165, 1.54) is 0 Å². The lowest BCUT2D eigenvalue weighted by Gasteiger charge is -2.13. The second-order valence-electron chi connectivity index (χ2n) is 4.10. The number of anilines is 1. The molecule has 0 aliphatic heterocycles. The first-order valence-electron chi connectivity index (χ1n) is 4.91. The minimum Gasteiger partial charge on any atom is -0.373 e. The average molecular weight is 197 g/mol. The van der Waals surface area contributed by atoms with E-state index in [0.29, 0.717) is 12.5 Å². The summed E-state index contributed by atoms with van der Waals surface area (Å²) in [5, 5.41) is 3.97. The maximum Gasteiger partial charge on any atom is 0.160 e. The summed E-state index contributed by atoms with van der Waals surface area (Å²) in [6.45, 7) is 4.74. The molecular weight excluding hydrogens is 178 g/mol. The summed E-state index contributed by atoms with van der Waals surface area (Å²) in [7, 11) is 3.96. The van der Waals surface area contributed by atoms with Gasteiger partial charge in [-0.2, -0.15) is 0 Å². The van der Waals surface area contributed by atoms with Crippen LogP contribution in [0, 0.1) is 5.92 Å². The molecule has 4 heteroatoms. The molecule has 1 heterocycles. The molecule has 1 aromatic rings. The first-order chi connectivity index (χ1) is 6.56. The zero-order valence-corrected chi connectivity index (χ0v) is 9.37. The van der Waals surface area contributed by atoms with E-state index in [2.05, 4.69) is 19.0 Å². The van der Waals surface area contributed by atoms with Crippen LogP contribution in [0.5, 0.6) is 0 Å². The van der Waals surface area contributed by atoms with Crippen LogP contribution in [0.3, 0.4) is 0 Å². The summed E-state index contributed by atoms with van der Waals surface area (Å²) in [6.07, 6.45) is 0.903. The van der Waals surface area contributed by atoms with Crippen LogP contribution in [-0.4, -0.2) is 19.3 Å². The standard InChI is InChI=1S/C10H19N3O/c1-7(2)5-9-10(13(3)4)8(6-11)12-14-9/h7H,5-6,11H2,1-4H3. The van der Waals surface area contributed by atoms with Gasteiger partial charge in [-0.1, -0.05) is 19.0 Å². The predicted molar refractivity (Wildman–Crippen MR) is 57.3 cm³/mol. The summed E-state index contributed by atoms with van der Waals surface area (Å²) < 4.78 is 5.29. The molecule has 0 amide bonds. The molecular formula is C10H19N3O. The smallest absolute Gasteiger partial charge is 0.160 e. The van der Waals surface area contributed by atoms with Gasteiger partial charge >= 0.3 is 0 Å². The second-order valence-corrected chi connectivity index (χ2v) is 4.10. The van der Waals surface area contributed by atoms with E-state index in [0.717, 1.165) is 23.6 Å². The van der Waals surface area contributed by atoms with Crippen molar-refractivity contribution in [3.8, 4) is 0 Å². The summed E-state index contributed by atoms with van der Waals surface area (Å²) in [6, 6.07) is 0. The highest BCUT2D eigenvalue weighted by Crippen LogP contribution is 2.25.